The highest BCUT2D eigenvalue weighted by atomic mass is 19.1. The third-order valence-electron chi connectivity index (χ3n) is 2.74. The maximum absolute atomic E-state index is 13.3. The van der Waals surface area contributed by atoms with Crippen molar-refractivity contribution in [2.75, 3.05) is 0 Å². The zero-order chi connectivity index (χ0) is 13.0. The fourth-order valence-electron chi connectivity index (χ4n) is 1.62. The molecule has 3 nitrogen and oxygen atoms in total. The molecule has 0 bridgehead atoms. The van der Waals surface area contributed by atoms with Gasteiger partial charge in [-0.3, -0.25) is 9.78 Å². The van der Waals surface area contributed by atoms with Crippen LogP contribution in [0.2, 0.25) is 0 Å². The van der Waals surface area contributed by atoms with E-state index in [0.717, 1.165) is 5.56 Å². The molecule has 18 heavy (non-hydrogen) atoms. The summed E-state index contributed by atoms with van der Waals surface area (Å²) in [5, 5.41) is 2.74. The van der Waals surface area contributed by atoms with Crippen molar-refractivity contribution in [3.8, 4) is 0 Å². The van der Waals surface area contributed by atoms with E-state index in [4.69, 9.17) is 0 Å². The molecular weight excluding hydrogens is 231 g/mol. The molecule has 4 heteroatoms. The molecule has 92 valence electrons. The lowest BCUT2D eigenvalue weighted by atomic mass is 10.1. The topological polar surface area (TPSA) is 42.0 Å². The van der Waals surface area contributed by atoms with Crippen molar-refractivity contribution in [1.82, 2.24) is 10.3 Å². The molecule has 1 heterocycles. The highest BCUT2D eigenvalue weighted by molar-refractivity contribution is 5.93. The number of benzene rings is 1. The van der Waals surface area contributed by atoms with Gasteiger partial charge in [0.2, 0.25) is 0 Å². The smallest absolute Gasteiger partial charge is 0.253 e. The van der Waals surface area contributed by atoms with Crippen LogP contribution in [0.25, 0.3) is 0 Å². The molecule has 0 aliphatic heterocycles. The Kier molecular flexibility index (Phi) is 3.67. The van der Waals surface area contributed by atoms with Gasteiger partial charge >= 0.3 is 0 Å². The summed E-state index contributed by atoms with van der Waals surface area (Å²) in [6, 6.07) is 8.21. The van der Waals surface area contributed by atoms with Gasteiger partial charge < -0.3 is 5.32 Å². The highest BCUT2D eigenvalue weighted by Gasteiger charge is 2.07. The first-order chi connectivity index (χ1) is 8.68. The van der Waals surface area contributed by atoms with Crippen molar-refractivity contribution < 1.29 is 9.18 Å². The number of hydrogen-bond acceptors (Lipinski definition) is 2. The Morgan fingerprint density at radius 2 is 2.17 bits per heavy atom. The molecule has 0 spiro atoms. The molecular formula is C14H13FN2O. The van der Waals surface area contributed by atoms with Gasteiger partial charge in [0.05, 0.1) is 5.56 Å². The Labute approximate surface area is 105 Å². The van der Waals surface area contributed by atoms with Crippen LogP contribution in [0.3, 0.4) is 0 Å². The average Bonchev–Trinajstić information content (AvgIpc) is 2.41. The predicted octanol–water partition coefficient (Wildman–Crippen LogP) is 2.46. The lowest BCUT2D eigenvalue weighted by Crippen LogP contribution is -2.23. The molecule has 0 radical (unpaired) electrons. The van der Waals surface area contributed by atoms with E-state index in [2.05, 4.69) is 10.3 Å². The number of aromatic nitrogens is 1. The van der Waals surface area contributed by atoms with E-state index in [1.807, 2.05) is 0 Å². The molecule has 0 atom stereocenters. The van der Waals surface area contributed by atoms with Crippen molar-refractivity contribution >= 4 is 5.91 Å². The van der Waals surface area contributed by atoms with E-state index >= 15 is 0 Å². The third kappa shape index (κ3) is 2.71. The van der Waals surface area contributed by atoms with E-state index in [1.165, 1.54) is 12.3 Å². The maximum Gasteiger partial charge on any atom is 0.253 e. The second kappa shape index (κ2) is 5.40. The number of halogens is 1. The molecule has 0 fully saturated rings. The average molecular weight is 244 g/mol. The minimum absolute atomic E-state index is 0.216. The van der Waals surface area contributed by atoms with Crippen LogP contribution in [0.15, 0.2) is 42.7 Å². The summed E-state index contributed by atoms with van der Waals surface area (Å²) >= 11 is 0. The van der Waals surface area contributed by atoms with E-state index in [-0.39, 0.29) is 11.7 Å². The Hall–Kier alpha value is -2.23. The van der Waals surface area contributed by atoms with Gasteiger partial charge in [0, 0.05) is 18.9 Å². The number of carbonyl (C=O) groups excluding carboxylic acids is 1. The summed E-state index contributed by atoms with van der Waals surface area (Å²) in [4.78, 5) is 15.6. The molecule has 2 rings (SSSR count). The second-order valence-corrected chi connectivity index (χ2v) is 3.95. The Morgan fingerprint density at radius 3 is 2.89 bits per heavy atom. The summed E-state index contributed by atoms with van der Waals surface area (Å²) < 4.78 is 13.3. The van der Waals surface area contributed by atoms with Gasteiger partial charge in [-0.25, -0.2) is 4.39 Å². The van der Waals surface area contributed by atoms with E-state index in [1.54, 1.807) is 37.4 Å². The molecule has 0 aliphatic rings. The van der Waals surface area contributed by atoms with Crippen LogP contribution in [-0.4, -0.2) is 10.9 Å². The predicted molar refractivity (Wildman–Crippen MR) is 66.5 cm³/mol. The van der Waals surface area contributed by atoms with Gasteiger partial charge in [0.25, 0.3) is 5.91 Å². The number of hydrogen-bond donors (Lipinski definition) is 1. The third-order valence-corrected chi connectivity index (χ3v) is 2.74. The van der Waals surface area contributed by atoms with Crippen LogP contribution < -0.4 is 5.32 Å². The van der Waals surface area contributed by atoms with E-state index < -0.39 is 0 Å². The SMILES string of the molecule is Cc1c(F)cccc1CNC(=O)c1cccnc1. The summed E-state index contributed by atoms with van der Waals surface area (Å²) in [6.45, 7) is 2.00. The highest BCUT2D eigenvalue weighted by Crippen LogP contribution is 2.11. The summed E-state index contributed by atoms with van der Waals surface area (Å²) in [5.41, 5.74) is 1.82. The molecule has 1 N–H and O–H groups in total. The van der Waals surface area contributed by atoms with Crippen LogP contribution >= 0.6 is 0 Å². The van der Waals surface area contributed by atoms with Crippen molar-refractivity contribution in [3.63, 3.8) is 0 Å². The van der Waals surface area contributed by atoms with Gasteiger partial charge in [-0.05, 0) is 36.2 Å². The maximum atomic E-state index is 13.3. The monoisotopic (exact) mass is 244 g/mol. The van der Waals surface area contributed by atoms with Crippen molar-refractivity contribution in [2.45, 2.75) is 13.5 Å². The molecule has 1 amide bonds. The first-order valence-electron chi connectivity index (χ1n) is 5.60. The fourth-order valence-corrected chi connectivity index (χ4v) is 1.62. The number of amides is 1. The second-order valence-electron chi connectivity index (χ2n) is 3.95. The Bertz CT molecular complexity index is 555. The number of pyridine rings is 1. The van der Waals surface area contributed by atoms with Crippen molar-refractivity contribution in [3.05, 3.63) is 65.2 Å². The van der Waals surface area contributed by atoms with E-state index in [9.17, 15) is 9.18 Å². The lowest BCUT2D eigenvalue weighted by molar-refractivity contribution is 0.0950. The Morgan fingerprint density at radius 1 is 1.33 bits per heavy atom. The minimum Gasteiger partial charge on any atom is -0.348 e. The molecule has 1 aromatic carbocycles. The zero-order valence-corrected chi connectivity index (χ0v) is 9.98. The van der Waals surface area contributed by atoms with Crippen molar-refractivity contribution in [1.29, 1.82) is 0 Å². The van der Waals surface area contributed by atoms with Crippen LogP contribution in [-0.2, 0) is 6.54 Å². The van der Waals surface area contributed by atoms with Gasteiger partial charge in [-0.1, -0.05) is 12.1 Å². The fraction of sp³-hybridized carbons (Fsp3) is 0.143. The summed E-state index contributed by atoms with van der Waals surface area (Å²) in [5.74, 6) is -0.477. The van der Waals surface area contributed by atoms with E-state index in [0.29, 0.717) is 17.7 Å². The van der Waals surface area contributed by atoms with Gasteiger partial charge in [-0.15, -0.1) is 0 Å². The zero-order valence-electron chi connectivity index (χ0n) is 9.98. The van der Waals surface area contributed by atoms with Crippen LogP contribution in [0, 0.1) is 12.7 Å². The van der Waals surface area contributed by atoms with Crippen LogP contribution in [0.4, 0.5) is 4.39 Å². The molecule has 0 saturated carbocycles. The van der Waals surface area contributed by atoms with Crippen LogP contribution in [0.1, 0.15) is 21.5 Å². The summed E-state index contributed by atoms with van der Waals surface area (Å²) in [7, 11) is 0. The standard InChI is InChI=1S/C14H13FN2O/c1-10-11(4-2-6-13(10)15)9-17-14(18)12-5-3-7-16-8-12/h2-8H,9H2,1H3,(H,17,18). The normalized spacial score (nSPS) is 10.1. The molecule has 0 saturated heterocycles. The summed E-state index contributed by atoms with van der Waals surface area (Å²) in [6.07, 6.45) is 3.10. The number of rotatable bonds is 3. The molecule has 2 aromatic rings. The largest absolute Gasteiger partial charge is 0.348 e. The van der Waals surface area contributed by atoms with Gasteiger partial charge in [0.15, 0.2) is 0 Å². The number of nitrogens with one attached hydrogen (secondary N) is 1. The van der Waals surface area contributed by atoms with Gasteiger partial charge in [0.1, 0.15) is 5.82 Å². The van der Waals surface area contributed by atoms with Gasteiger partial charge in [-0.2, -0.15) is 0 Å². The Balaban J connectivity index is 2.04. The quantitative estimate of drug-likeness (QED) is 0.901. The number of carbonyl (C=O) groups is 1. The first-order valence-corrected chi connectivity index (χ1v) is 5.60. The van der Waals surface area contributed by atoms with Crippen molar-refractivity contribution in [2.24, 2.45) is 0 Å². The lowest BCUT2D eigenvalue weighted by Gasteiger charge is -2.08. The van der Waals surface area contributed by atoms with Crippen LogP contribution in [0.5, 0.6) is 0 Å². The molecule has 0 aliphatic carbocycles. The number of nitrogens with zero attached hydrogens (tertiary/aromatic N) is 1. The molecule has 1 aromatic heterocycles. The first kappa shape index (κ1) is 12.2. The minimum atomic E-state index is -0.261. The molecule has 0 unspecified atom stereocenters.